The van der Waals surface area contributed by atoms with Crippen molar-refractivity contribution in [3.8, 4) is 5.75 Å². The van der Waals surface area contributed by atoms with Crippen LogP contribution in [0, 0.1) is 0 Å². The Kier molecular flexibility index (Phi) is 5.71. The van der Waals surface area contributed by atoms with Crippen LogP contribution in [0.25, 0.3) is 0 Å². The molecule has 7 nitrogen and oxygen atoms in total. The molecule has 7 heteroatoms. The smallest absolute Gasteiger partial charge is 0.241 e. The number of aromatic nitrogens is 3. The molecule has 0 saturated carbocycles. The number of aliphatic hydroxyl groups is 1. The molecule has 1 amide bonds. The van der Waals surface area contributed by atoms with Crippen molar-refractivity contribution in [1.82, 2.24) is 20.3 Å². The van der Waals surface area contributed by atoms with Crippen LogP contribution in [0.1, 0.15) is 5.69 Å². The SMILES string of the molecule is O=C(Cn1cc(CCO)nn1)NCCOc1ccccc1. The summed E-state index contributed by atoms with van der Waals surface area (Å²) < 4.78 is 6.91. The fourth-order valence-electron chi connectivity index (χ4n) is 1.72. The Balaban J connectivity index is 1.65. The van der Waals surface area contributed by atoms with Gasteiger partial charge in [0.15, 0.2) is 0 Å². The van der Waals surface area contributed by atoms with Crippen LogP contribution in [0.4, 0.5) is 0 Å². The molecule has 1 aromatic carbocycles. The van der Waals surface area contributed by atoms with Gasteiger partial charge in [0, 0.05) is 19.2 Å². The summed E-state index contributed by atoms with van der Waals surface area (Å²) in [6.07, 6.45) is 2.09. The number of ether oxygens (including phenoxy) is 1. The van der Waals surface area contributed by atoms with E-state index >= 15 is 0 Å². The van der Waals surface area contributed by atoms with E-state index in [0.29, 0.717) is 25.3 Å². The minimum atomic E-state index is -0.160. The van der Waals surface area contributed by atoms with Crippen molar-refractivity contribution in [3.05, 3.63) is 42.2 Å². The molecule has 0 radical (unpaired) electrons. The maximum atomic E-state index is 11.7. The summed E-state index contributed by atoms with van der Waals surface area (Å²) in [7, 11) is 0. The molecule has 0 bridgehead atoms. The number of carbonyl (C=O) groups is 1. The molecule has 0 saturated heterocycles. The van der Waals surface area contributed by atoms with Crippen LogP contribution in [-0.2, 0) is 17.8 Å². The average molecular weight is 290 g/mol. The lowest BCUT2D eigenvalue weighted by atomic mass is 10.3. The van der Waals surface area contributed by atoms with Crippen molar-refractivity contribution in [1.29, 1.82) is 0 Å². The first-order valence-corrected chi connectivity index (χ1v) is 6.72. The molecule has 0 fully saturated rings. The van der Waals surface area contributed by atoms with Crippen molar-refractivity contribution >= 4 is 5.91 Å². The Morgan fingerprint density at radius 3 is 2.90 bits per heavy atom. The lowest BCUT2D eigenvalue weighted by Gasteiger charge is -2.07. The number of aliphatic hydroxyl groups excluding tert-OH is 1. The average Bonchev–Trinajstić information content (AvgIpc) is 2.92. The predicted octanol–water partition coefficient (Wildman–Crippen LogP) is 0.00810. The quantitative estimate of drug-likeness (QED) is 0.668. The molecule has 1 heterocycles. The van der Waals surface area contributed by atoms with Gasteiger partial charge in [-0.25, -0.2) is 4.68 Å². The Bertz CT molecular complexity index is 556. The summed E-state index contributed by atoms with van der Waals surface area (Å²) in [4.78, 5) is 11.7. The topological polar surface area (TPSA) is 89.3 Å². The van der Waals surface area contributed by atoms with Crippen molar-refractivity contribution in [2.24, 2.45) is 0 Å². The van der Waals surface area contributed by atoms with Crippen LogP contribution >= 0.6 is 0 Å². The van der Waals surface area contributed by atoms with Crippen LogP contribution < -0.4 is 10.1 Å². The molecule has 0 spiro atoms. The van der Waals surface area contributed by atoms with E-state index in [1.165, 1.54) is 4.68 Å². The van der Waals surface area contributed by atoms with E-state index in [1.807, 2.05) is 30.3 Å². The highest BCUT2D eigenvalue weighted by Gasteiger charge is 2.05. The van der Waals surface area contributed by atoms with Crippen LogP contribution in [0.5, 0.6) is 5.75 Å². The second-order valence-electron chi connectivity index (χ2n) is 4.39. The molecule has 0 aliphatic heterocycles. The Morgan fingerprint density at radius 2 is 2.14 bits per heavy atom. The fraction of sp³-hybridized carbons (Fsp3) is 0.357. The third kappa shape index (κ3) is 5.23. The first-order chi connectivity index (χ1) is 10.3. The van der Waals surface area contributed by atoms with Crippen LogP contribution in [0.15, 0.2) is 36.5 Å². The minimum absolute atomic E-state index is 0.0156. The molecule has 0 aliphatic carbocycles. The number of hydrogen-bond acceptors (Lipinski definition) is 5. The molecule has 0 atom stereocenters. The zero-order chi connectivity index (χ0) is 14.9. The predicted molar refractivity (Wildman–Crippen MR) is 75.8 cm³/mol. The van der Waals surface area contributed by atoms with Crippen molar-refractivity contribution < 1.29 is 14.6 Å². The van der Waals surface area contributed by atoms with Gasteiger partial charge >= 0.3 is 0 Å². The molecule has 2 rings (SSSR count). The maximum Gasteiger partial charge on any atom is 0.241 e. The highest BCUT2D eigenvalue weighted by molar-refractivity contribution is 5.75. The van der Waals surface area contributed by atoms with Gasteiger partial charge in [0.1, 0.15) is 18.9 Å². The standard InChI is InChI=1S/C14H18N4O3/c19-8-6-12-10-18(17-16-12)11-14(20)15-7-9-21-13-4-2-1-3-5-13/h1-5,10,19H,6-9,11H2,(H,15,20). The fourth-order valence-corrected chi connectivity index (χ4v) is 1.72. The summed E-state index contributed by atoms with van der Waals surface area (Å²) in [5, 5.41) is 19.2. The number of benzene rings is 1. The van der Waals surface area contributed by atoms with E-state index in [4.69, 9.17) is 9.84 Å². The Hall–Kier alpha value is -2.41. The summed E-state index contributed by atoms with van der Waals surface area (Å²) in [6, 6.07) is 9.42. The third-order valence-electron chi connectivity index (χ3n) is 2.70. The number of nitrogens with zero attached hydrogens (tertiary/aromatic N) is 3. The highest BCUT2D eigenvalue weighted by atomic mass is 16.5. The van der Waals surface area contributed by atoms with Gasteiger partial charge in [-0.05, 0) is 12.1 Å². The van der Waals surface area contributed by atoms with Crippen LogP contribution in [0.3, 0.4) is 0 Å². The van der Waals surface area contributed by atoms with Gasteiger partial charge in [-0.15, -0.1) is 5.10 Å². The van der Waals surface area contributed by atoms with Crippen LogP contribution in [0.2, 0.25) is 0 Å². The molecule has 2 aromatic rings. The van der Waals surface area contributed by atoms with E-state index in [0.717, 1.165) is 5.75 Å². The zero-order valence-electron chi connectivity index (χ0n) is 11.6. The largest absolute Gasteiger partial charge is 0.492 e. The van der Waals surface area contributed by atoms with E-state index in [-0.39, 0.29) is 19.1 Å². The molecular formula is C14H18N4O3. The lowest BCUT2D eigenvalue weighted by molar-refractivity contribution is -0.121. The van der Waals surface area contributed by atoms with Gasteiger partial charge in [-0.2, -0.15) is 0 Å². The van der Waals surface area contributed by atoms with E-state index in [9.17, 15) is 4.79 Å². The van der Waals surface area contributed by atoms with E-state index in [2.05, 4.69) is 15.6 Å². The molecule has 0 unspecified atom stereocenters. The van der Waals surface area contributed by atoms with Crippen LogP contribution in [-0.4, -0.2) is 45.8 Å². The Labute approximate surface area is 122 Å². The minimum Gasteiger partial charge on any atom is -0.492 e. The lowest BCUT2D eigenvalue weighted by Crippen LogP contribution is -2.31. The monoisotopic (exact) mass is 290 g/mol. The number of carbonyl (C=O) groups excluding carboxylic acids is 1. The van der Waals surface area contributed by atoms with Gasteiger partial charge in [0.05, 0.1) is 12.2 Å². The Morgan fingerprint density at radius 1 is 1.33 bits per heavy atom. The van der Waals surface area contributed by atoms with Gasteiger partial charge in [0.2, 0.25) is 5.91 Å². The normalized spacial score (nSPS) is 10.3. The summed E-state index contributed by atoms with van der Waals surface area (Å²) in [6.45, 7) is 0.945. The summed E-state index contributed by atoms with van der Waals surface area (Å²) >= 11 is 0. The molecular weight excluding hydrogens is 272 g/mol. The number of nitrogens with one attached hydrogen (secondary N) is 1. The molecule has 1 aromatic heterocycles. The van der Waals surface area contributed by atoms with Gasteiger partial charge in [0.25, 0.3) is 0 Å². The molecule has 21 heavy (non-hydrogen) atoms. The van der Waals surface area contributed by atoms with Gasteiger partial charge in [-0.1, -0.05) is 23.4 Å². The molecule has 0 aliphatic rings. The summed E-state index contributed by atoms with van der Waals surface area (Å²) in [5.41, 5.74) is 0.665. The van der Waals surface area contributed by atoms with Crippen molar-refractivity contribution in [3.63, 3.8) is 0 Å². The van der Waals surface area contributed by atoms with Crippen molar-refractivity contribution in [2.75, 3.05) is 19.8 Å². The zero-order valence-corrected chi connectivity index (χ0v) is 11.6. The maximum absolute atomic E-state index is 11.7. The second kappa shape index (κ2) is 8.01. The summed E-state index contributed by atoms with van der Waals surface area (Å²) in [5.74, 6) is 0.615. The van der Waals surface area contributed by atoms with E-state index in [1.54, 1.807) is 6.20 Å². The first kappa shape index (κ1) is 15.0. The van der Waals surface area contributed by atoms with E-state index < -0.39 is 0 Å². The number of para-hydroxylation sites is 1. The molecule has 2 N–H and O–H groups in total. The van der Waals surface area contributed by atoms with Crippen molar-refractivity contribution in [2.45, 2.75) is 13.0 Å². The first-order valence-electron chi connectivity index (χ1n) is 6.72. The number of hydrogen-bond donors (Lipinski definition) is 2. The highest BCUT2D eigenvalue weighted by Crippen LogP contribution is 2.07. The third-order valence-corrected chi connectivity index (χ3v) is 2.70. The van der Waals surface area contributed by atoms with Gasteiger partial charge in [-0.3, -0.25) is 4.79 Å². The van der Waals surface area contributed by atoms with Gasteiger partial charge < -0.3 is 15.2 Å². The molecule has 112 valence electrons. The second-order valence-corrected chi connectivity index (χ2v) is 4.39. The number of amides is 1. The number of rotatable bonds is 8.